The molecule has 0 aromatic heterocycles. The van der Waals surface area contributed by atoms with Crippen molar-refractivity contribution in [3.8, 4) is 0 Å². The zero-order chi connectivity index (χ0) is 21.0. The SMILES string of the molecule is C=C(C)[C@@H](C)CC[C@@H](C)[C@H]1CC[C@H]2C3=CC=C4C[C@@H](O)CC[C@]4(C)[C@H]3CC[C@]12C. The van der Waals surface area contributed by atoms with Gasteiger partial charge in [0.25, 0.3) is 0 Å². The largest absolute Gasteiger partial charge is 0.393 e. The molecule has 4 aliphatic carbocycles. The number of allylic oxidation sites excluding steroid dienone is 4. The van der Waals surface area contributed by atoms with Gasteiger partial charge in [0.2, 0.25) is 0 Å². The Labute approximate surface area is 179 Å². The molecule has 0 saturated heterocycles. The molecule has 162 valence electrons. The molecule has 0 heterocycles. The third kappa shape index (κ3) is 3.50. The van der Waals surface area contributed by atoms with E-state index in [1.165, 1.54) is 56.1 Å². The van der Waals surface area contributed by atoms with Crippen molar-refractivity contribution in [2.75, 3.05) is 0 Å². The molecule has 0 aromatic carbocycles. The van der Waals surface area contributed by atoms with E-state index >= 15 is 0 Å². The van der Waals surface area contributed by atoms with Gasteiger partial charge in [-0.3, -0.25) is 0 Å². The number of hydrogen-bond donors (Lipinski definition) is 1. The van der Waals surface area contributed by atoms with Crippen molar-refractivity contribution < 1.29 is 5.11 Å². The van der Waals surface area contributed by atoms with E-state index in [9.17, 15) is 5.11 Å². The van der Waals surface area contributed by atoms with E-state index in [0.717, 1.165) is 36.5 Å². The van der Waals surface area contributed by atoms with E-state index in [1.54, 1.807) is 5.57 Å². The highest BCUT2D eigenvalue weighted by Crippen LogP contribution is 2.66. The van der Waals surface area contributed by atoms with Gasteiger partial charge in [-0.05, 0) is 105 Å². The lowest BCUT2D eigenvalue weighted by Crippen LogP contribution is -2.46. The Morgan fingerprint density at radius 3 is 2.55 bits per heavy atom. The maximum atomic E-state index is 10.2. The molecule has 0 aromatic rings. The molecular weight excluding hydrogens is 352 g/mol. The van der Waals surface area contributed by atoms with Crippen LogP contribution in [-0.2, 0) is 0 Å². The Morgan fingerprint density at radius 2 is 1.83 bits per heavy atom. The topological polar surface area (TPSA) is 20.2 Å². The smallest absolute Gasteiger partial charge is 0.0578 e. The first-order valence-corrected chi connectivity index (χ1v) is 12.4. The molecule has 3 fully saturated rings. The molecular formula is C28H44O. The Hall–Kier alpha value is -0.820. The van der Waals surface area contributed by atoms with E-state index < -0.39 is 0 Å². The molecule has 0 bridgehead atoms. The van der Waals surface area contributed by atoms with Gasteiger partial charge in [-0.15, -0.1) is 0 Å². The zero-order valence-corrected chi connectivity index (χ0v) is 19.6. The fraction of sp³-hybridized carbons (Fsp3) is 0.786. The Bertz CT molecular complexity index is 714. The summed E-state index contributed by atoms with van der Waals surface area (Å²) in [4.78, 5) is 0. The Kier molecular flexibility index (Phi) is 5.69. The van der Waals surface area contributed by atoms with Gasteiger partial charge in [0.1, 0.15) is 0 Å². The number of rotatable bonds is 5. The second-order valence-corrected chi connectivity index (χ2v) is 11.8. The Morgan fingerprint density at radius 1 is 1.07 bits per heavy atom. The fourth-order valence-corrected chi connectivity index (χ4v) is 7.92. The summed E-state index contributed by atoms with van der Waals surface area (Å²) in [5.41, 5.74) is 5.46. The lowest BCUT2D eigenvalue weighted by molar-refractivity contribution is 0.0321. The van der Waals surface area contributed by atoms with Gasteiger partial charge in [-0.2, -0.15) is 0 Å². The second kappa shape index (κ2) is 7.70. The minimum atomic E-state index is -0.114. The molecule has 4 aliphatic rings. The van der Waals surface area contributed by atoms with Crippen LogP contribution in [0.15, 0.2) is 35.5 Å². The second-order valence-electron chi connectivity index (χ2n) is 11.8. The van der Waals surface area contributed by atoms with Gasteiger partial charge >= 0.3 is 0 Å². The van der Waals surface area contributed by atoms with Crippen LogP contribution in [0.4, 0.5) is 0 Å². The molecule has 4 rings (SSSR count). The summed E-state index contributed by atoms with van der Waals surface area (Å²) in [7, 11) is 0. The fourth-order valence-electron chi connectivity index (χ4n) is 7.92. The van der Waals surface area contributed by atoms with E-state index in [0.29, 0.717) is 16.7 Å². The summed E-state index contributed by atoms with van der Waals surface area (Å²) >= 11 is 0. The maximum absolute atomic E-state index is 10.2. The van der Waals surface area contributed by atoms with E-state index in [1.807, 2.05) is 0 Å². The normalized spacial score (nSPS) is 43.4. The average molecular weight is 397 g/mol. The summed E-state index contributed by atoms with van der Waals surface area (Å²) in [6.45, 7) is 16.4. The summed E-state index contributed by atoms with van der Waals surface area (Å²) < 4.78 is 0. The van der Waals surface area contributed by atoms with Crippen molar-refractivity contribution in [3.63, 3.8) is 0 Å². The molecule has 1 N–H and O–H groups in total. The predicted molar refractivity (Wildman–Crippen MR) is 124 cm³/mol. The first-order valence-electron chi connectivity index (χ1n) is 12.4. The van der Waals surface area contributed by atoms with Crippen LogP contribution in [0.3, 0.4) is 0 Å². The molecule has 29 heavy (non-hydrogen) atoms. The molecule has 0 spiro atoms. The average Bonchev–Trinajstić information content (AvgIpc) is 3.03. The number of aliphatic hydroxyl groups excluding tert-OH is 1. The van der Waals surface area contributed by atoms with Crippen LogP contribution >= 0.6 is 0 Å². The predicted octanol–water partition coefficient (Wildman–Crippen LogP) is 7.47. The highest BCUT2D eigenvalue weighted by molar-refractivity contribution is 5.38. The van der Waals surface area contributed by atoms with Gasteiger partial charge in [0.05, 0.1) is 6.10 Å². The van der Waals surface area contributed by atoms with Crippen molar-refractivity contribution in [1.82, 2.24) is 0 Å². The van der Waals surface area contributed by atoms with E-state index in [-0.39, 0.29) is 6.10 Å². The standard InChI is InChI=1S/C28H44O/c1-18(2)19(3)7-8-20(4)24-11-12-25-23-10-9-21-17-22(29)13-15-27(21,5)26(23)14-16-28(24,25)6/h9-10,19-20,22,24-26,29H,1,7-8,11-17H2,2-6H3/t19-,20+,22-,24+,25-,26-,27-,28+/m0/s1. The zero-order valence-electron chi connectivity index (χ0n) is 19.6. The highest BCUT2D eigenvalue weighted by atomic mass is 16.3. The van der Waals surface area contributed by atoms with Crippen LogP contribution in [0, 0.1) is 40.4 Å². The van der Waals surface area contributed by atoms with Crippen LogP contribution in [0.5, 0.6) is 0 Å². The first-order chi connectivity index (χ1) is 13.7. The summed E-state index contributed by atoms with van der Waals surface area (Å²) in [6.07, 6.45) is 16.1. The molecule has 3 saturated carbocycles. The van der Waals surface area contributed by atoms with Gasteiger partial charge in [-0.1, -0.05) is 63.1 Å². The van der Waals surface area contributed by atoms with Gasteiger partial charge in [0, 0.05) is 0 Å². The molecule has 0 unspecified atom stereocenters. The van der Waals surface area contributed by atoms with Crippen LogP contribution < -0.4 is 0 Å². The van der Waals surface area contributed by atoms with Crippen molar-refractivity contribution >= 4 is 0 Å². The van der Waals surface area contributed by atoms with E-state index in [2.05, 4.69) is 53.3 Å². The van der Waals surface area contributed by atoms with Crippen LogP contribution in [0.25, 0.3) is 0 Å². The number of hydrogen-bond acceptors (Lipinski definition) is 1. The number of aliphatic hydroxyl groups is 1. The minimum absolute atomic E-state index is 0.114. The molecule has 0 radical (unpaired) electrons. The number of fused-ring (bicyclic) bond motifs is 5. The first kappa shape index (κ1) is 21.4. The van der Waals surface area contributed by atoms with E-state index in [4.69, 9.17) is 0 Å². The van der Waals surface area contributed by atoms with Crippen molar-refractivity contribution in [2.45, 2.75) is 98.5 Å². The van der Waals surface area contributed by atoms with Gasteiger partial charge in [-0.25, -0.2) is 0 Å². The quantitative estimate of drug-likeness (QED) is 0.478. The van der Waals surface area contributed by atoms with Crippen LogP contribution in [0.2, 0.25) is 0 Å². The maximum Gasteiger partial charge on any atom is 0.0578 e. The summed E-state index contributed by atoms with van der Waals surface area (Å²) in [6, 6.07) is 0. The lowest BCUT2D eigenvalue weighted by atomic mass is 9.50. The Balaban J connectivity index is 1.53. The highest BCUT2D eigenvalue weighted by Gasteiger charge is 2.56. The van der Waals surface area contributed by atoms with Crippen molar-refractivity contribution in [3.05, 3.63) is 35.5 Å². The summed E-state index contributed by atoms with van der Waals surface area (Å²) in [5.74, 6) is 3.86. The summed E-state index contributed by atoms with van der Waals surface area (Å²) in [5, 5.41) is 10.2. The van der Waals surface area contributed by atoms with Gasteiger partial charge < -0.3 is 5.11 Å². The van der Waals surface area contributed by atoms with Crippen molar-refractivity contribution in [2.24, 2.45) is 40.4 Å². The minimum Gasteiger partial charge on any atom is -0.393 e. The van der Waals surface area contributed by atoms with Crippen LogP contribution in [-0.4, -0.2) is 11.2 Å². The van der Waals surface area contributed by atoms with Gasteiger partial charge in [0.15, 0.2) is 0 Å². The molecule has 1 heteroatoms. The lowest BCUT2D eigenvalue weighted by Gasteiger charge is -2.55. The molecule has 0 aliphatic heterocycles. The third-order valence-corrected chi connectivity index (χ3v) is 10.2. The van der Waals surface area contributed by atoms with Crippen LogP contribution in [0.1, 0.15) is 92.4 Å². The monoisotopic (exact) mass is 396 g/mol. The molecule has 1 nitrogen and oxygen atoms in total. The van der Waals surface area contributed by atoms with Crippen molar-refractivity contribution in [1.29, 1.82) is 0 Å². The molecule has 0 amide bonds. The molecule has 8 atom stereocenters. The third-order valence-electron chi connectivity index (χ3n) is 10.2.